The first kappa shape index (κ1) is 34.5. The second kappa shape index (κ2) is 18.7. The summed E-state index contributed by atoms with van der Waals surface area (Å²) in [6, 6.07) is 15.1. The van der Waals surface area contributed by atoms with Crippen LogP contribution in [0.3, 0.4) is 0 Å². The number of ether oxygens (including phenoxy) is 1. The van der Waals surface area contributed by atoms with Crippen molar-refractivity contribution < 1.29 is 60.3 Å². The van der Waals surface area contributed by atoms with Gasteiger partial charge in [-0.05, 0) is 66.9 Å². The van der Waals surface area contributed by atoms with Crippen LogP contribution < -0.4 is 0 Å². The van der Waals surface area contributed by atoms with Gasteiger partial charge in [0.25, 0.3) is 0 Å². The number of carbonyl (C=O) groups is 2. The van der Waals surface area contributed by atoms with E-state index >= 15 is 0 Å². The molecule has 6 aromatic rings. The molecular formula is C28H25BMnN3O10. The normalized spacial score (nSPS) is 11.3. The molecule has 0 aliphatic carbocycles. The van der Waals surface area contributed by atoms with Crippen molar-refractivity contribution in [3.8, 4) is 0 Å². The van der Waals surface area contributed by atoms with E-state index in [-0.39, 0.29) is 20.6 Å². The van der Waals surface area contributed by atoms with E-state index in [0.29, 0.717) is 22.2 Å². The van der Waals surface area contributed by atoms with Crippen LogP contribution >= 0.6 is 0 Å². The Morgan fingerprint density at radius 3 is 1.74 bits per heavy atom. The number of carboxylic acid groups (broad SMARTS) is 1. The summed E-state index contributed by atoms with van der Waals surface area (Å²) in [5, 5.41) is 17.4. The summed E-state index contributed by atoms with van der Waals surface area (Å²) in [6.07, 6.45) is 7.38. The van der Waals surface area contributed by atoms with Crippen LogP contribution in [0, 0.1) is 0 Å². The Morgan fingerprint density at radius 2 is 1.28 bits per heavy atom. The predicted octanol–water partition coefficient (Wildman–Crippen LogP) is 4.66. The molecule has 1 fully saturated rings. The number of nitrogens with zero attached hydrogens (tertiary/aromatic N) is 3. The van der Waals surface area contributed by atoms with Gasteiger partial charge in [0.05, 0.1) is 12.2 Å². The van der Waals surface area contributed by atoms with E-state index in [2.05, 4.69) is 15.0 Å². The molecule has 0 unspecified atom stereocenters. The van der Waals surface area contributed by atoms with Gasteiger partial charge in [-0.25, -0.2) is 19.7 Å². The van der Waals surface area contributed by atoms with Crippen LogP contribution in [0.4, 0.5) is 0 Å². The fraction of sp³-hybridized carbons (Fsp3) is 0.179. The number of aliphatic hydroxyl groups is 1. The van der Waals surface area contributed by atoms with E-state index in [9.17, 15) is 9.59 Å². The average molecular weight is 629 g/mol. The first-order valence-corrected chi connectivity index (χ1v) is 13.2. The van der Waals surface area contributed by atoms with Crippen molar-refractivity contribution in [1.82, 2.24) is 15.0 Å². The maximum absolute atomic E-state index is 10.5. The minimum absolute atomic E-state index is 0. The molecule has 0 bridgehead atoms. The molecule has 3 radical (unpaired) electrons. The third kappa shape index (κ3) is 10.9. The second-order valence-corrected chi connectivity index (χ2v) is 8.43. The third-order valence-corrected chi connectivity index (χ3v) is 5.47. The molecule has 43 heavy (non-hydrogen) atoms. The molecule has 3 aromatic carbocycles. The standard InChI is InChI=1S/C8H5NO3.C8H7NO2.C8H5NO2.C4H8O.B.Mn.2O/c10-8(11)5-1-2-7-6(3-5)9-4-12-7;2*10-4-6-1-2-8-7(3-6)9-5-11-8;1-2-4-5-3-1;;;;/h1-4H,(H,10,11);1-3,5,10H,4H2;1-5H;1-4H2;;;;. The summed E-state index contributed by atoms with van der Waals surface area (Å²) in [5.41, 5.74) is 5.81. The van der Waals surface area contributed by atoms with Crippen LogP contribution in [-0.4, -0.2) is 59.0 Å². The van der Waals surface area contributed by atoms with Crippen molar-refractivity contribution in [2.45, 2.75) is 19.4 Å². The Hall–Kier alpha value is -4.69. The van der Waals surface area contributed by atoms with Crippen LogP contribution in [0.25, 0.3) is 33.3 Å². The van der Waals surface area contributed by atoms with Gasteiger partial charge in [0.2, 0.25) is 0 Å². The molecule has 3 aromatic heterocycles. The molecule has 2 N–H and O–H groups in total. The molecule has 0 atom stereocenters. The van der Waals surface area contributed by atoms with Crippen molar-refractivity contribution in [3.63, 3.8) is 0 Å². The van der Waals surface area contributed by atoms with Crippen LogP contribution in [0.15, 0.2) is 87.0 Å². The monoisotopic (exact) mass is 629 g/mol. The summed E-state index contributed by atoms with van der Waals surface area (Å²) in [7, 11) is 0. The van der Waals surface area contributed by atoms with Crippen molar-refractivity contribution >= 4 is 54.0 Å². The zero-order valence-electron chi connectivity index (χ0n) is 22.5. The van der Waals surface area contributed by atoms with Crippen molar-refractivity contribution in [1.29, 1.82) is 0 Å². The molecular weight excluding hydrogens is 604 g/mol. The number of carboxylic acids is 1. The molecule has 0 spiro atoms. The average Bonchev–Trinajstić information content (AvgIpc) is 3.84. The van der Waals surface area contributed by atoms with Gasteiger partial charge >= 0.3 is 28.5 Å². The molecule has 1 aliphatic heterocycles. The van der Waals surface area contributed by atoms with Gasteiger partial charge in [0, 0.05) is 27.2 Å². The molecule has 13 nitrogen and oxygen atoms in total. The second-order valence-electron chi connectivity index (χ2n) is 8.23. The predicted molar refractivity (Wildman–Crippen MR) is 147 cm³/mol. The number of aliphatic hydroxyl groups excluding tert-OH is 1. The van der Waals surface area contributed by atoms with Gasteiger partial charge in [0.1, 0.15) is 22.8 Å². The summed E-state index contributed by atoms with van der Waals surface area (Å²) < 4.78 is 36.7. The van der Waals surface area contributed by atoms with Gasteiger partial charge in [-0.2, -0.15) is 0 Å². The molecule has 1 aliphatic rings. The number of fused-ring (bicyclic) bond motifs is 3. The zero-order chi connectivity index (χ0) is 30.2. The first-order valence-electron chi connectivity index (χ1n) is 12.2. The first-order chi connectivity index (χ1) is 20.5. The van der Waals surface area contributed by atoms with Gasteiger partial charge in [0.15, 0.2) is 35.9 Å². The molecule has 0 saturated carbocycles. The number of rotatable bonds is 3. The maximum atomic E-state index is 10.5. The third-order valence-electron chi connectivity index (χ3n) is 5.47. The fourth-order valence-electron chi connectivity index (χ4n) is 3.45. The van der Waals surface area contributed by atoms with Crippen molar-refractivity contribution in [2.75, 3.05) is 13.2 Å². The van der Waals surface area contributed by atoms with E-state index < -0.39 is 20.8 Å². The summed E-state index contributed by atoms with van der Waals surface area (Å²) in [5.74, 6) is -0.958. The molecule has 222 valence electrons. The Morgan fingerprint density at radius 1 is 0.791 bits per heavy atom. The Bertz CT molecular complexity index is 1750. The Kier molecular flexibility index (Phi) is 15.0. The molecule has 4 heterocycles. The molecule has 15 heteroatoms. The van der Waals surface area contributed by atoms with E-state index in [0.717, 1.165) is 41.7 Å². The number of carbonyl (C=O) groups excluding carboxylic acids is 1. The fourth-order valence-corrected chi connectivity index (χ4v) is 3.45. The Labute approximate surface area is 252 Å². The van der Waals surface area contributed by atoms with Crippen LogP contribution in [0.1, 0.15) is 39.1 Å². The number of aromatic carboxylic acids is 1. The van der Waals surface area contributed by atoms with E-state index in [1.54, 1.807) is 36.4 Å². The van der Waals surface area contributed by atoms with Crippen LogP contribution in [0.5, 0.6) is 0 Å². The Balaban J connectivity index is 0.000000198. The van der Waals surface area contributed by atoms with E-state index in [1.807, 2.05) is 6.07 Å². The zero-order valence-corrected chi connectivity index (χ0v) is 23.7. The number of hydrogen-bond donors (Lipinski definition) is 2. The quantitative estimate of drug-likeness (QED) is 0.203. The summed E-state index contributed by atoms with van der Waals surface area (Å²) in [6.45, 7) is 2.04. The van der Waals surface area contributed by atoms with Gasteiger partial charge in [-0.1, -0.05) is 6.07 Å². The van der Waals surface area contributed by atoms with E-state index in [1.165, 1.54) is 44.2 Å². The van der Waals surface area contributed by atoms with Crippen molar-refractivity contribution in [3.05, 3.63) is 90.5 Å². The van der Waals surface area contributed by atoms with Crippen LogP contribution in [0.2, 0.25) is 0 Å². The number of oxazole rings is 3. The number of aldehydes is 1. The van der Waals surface area contributed by atoms with E-state index in [4.69, 9.17) is 35.9 Å². The molecule has 0 amide bonds. The number of aromatic nitrogens is 3. The van der Waals surface area contributed by atoms with Crippen LogP contribution in [-0.2, 0) is 33.8 Å². The van der Waals surface area contributed by atoms with Gasteiger partial charge < -0.3 is 28.2 Å². The van der Waals surface area contributed by atoms with Gasteiger partial charge in [-0.3, -0.25) is 4.79 Å². The van der Waals surface area contributed by atoms with Gasteiger partial charge in [-0.15, -0.1) is 0 Å². The summed E-state index contributed by atoms with van der Waals surface area (Å²) in [4.78, 5) is 32.5. The molecule has 7 rings (SSSR count). The van der Waals surface area contributed by atoms with Crippen molar-refractivity contribution in [2.24, 2.45) is 0 Å². The minimum atomic E-state index is -1.44. The summed E-state index contributed by atoms with van der Waals surface area (Å²) >= 11 is -1.44. The number of benzene rings is 3. The number of hydrogen-bond acceptors (Lipinski definition) is 12. The molecule has 1 saturated heterocycles. The SMILES string of the molecule is C1CCOC1.O=C(O)c1ccc2ocnc2c1.O=Cc1ccc2ocnc2c1.OCc1ccc2ocnc2c1.[B].[O]=[Mn]=[O]. The topological polar surface area (TPSA) is 196 Å².